The zero-order valence-corrected chi connectivity index (χ0v) is 20.5. The zero-order valence-electron chi connectivity index (χ0n) is 19.7. The molecule has 0 heterocycles. The molecule has 4 aromatic carbocycles. The maximum atomic E-state index is 12.9. The molecule has 178 valence electrons. The van der Waals surface area contributed by atoms with Crippen molar-refractivity contribution in [3.63, 3.8) is 0 Å². The van der Waals surface area contributed by atoms with Gasteiger partial charge in [0.2, 0.25) is 5.91 Å². The van der Waals surface area contributed by atoms with E-state index in [0.29, 0.717) is 22.7 Å². The van der Waals surface area contributed by atoms with Crippen molar-refractivity contribution in [2.45, 2.75) is 17.1 Å². The molecule has 1 unspecified atom stereocenters. The Morgan fingerprint density at radius 2 is 1.40 bits per heavy atom. The summed E-state index contributed by atoms with van der Waals surface area (Å²) >= 11 is 1.45. The summed E-state index contributed by atoms with van der Waals surface area (Å²) in [7, 11) is 3.02. The lowest BCUT2D eigenvalue weighted by Crippen LogP contribution is -2.22. The molecule has 0 aliphatic carbocycles. The number of nitrogens with one attached hydrogen (secondary N) is 2. The summed E-state index contributed by atoms with van der Waals surface area (Å²) in [5, 5.41) is 7.69. The number of ether oxygens (including phenoxy) is 2. The lowest BCUT2D eigenvalue weighted by Gasteiger charge is -2.15. The van der Waals surface area contributed by atoms with Crippen LogP contribution in [0.5, 0.6) is 11.5 Å². The number of carbonyl (C=O) groups excluding carboxylic acids is 2. The van der Waals surface area contributed by atoms with Crippen LogP contribution in [-0.4, -0.2) is 31.3 Å². The van der Waals surface area contributed by atoms with Crippen LogP contribution in [0.2, 0.25) is 0 Å². The minimum Gasteiger partial charge on any atom is -0.496 e. The van der Waals surface area contributed by atoms with E-state index in [9.17, 15) is 9.59 Å². The van der Waals surface area contributed by atoms with Gasteiger partial charge in [-0.2, -0.15) is 0 Å². The molecule has 4 aromatic rings. The Bertz CT molecular complexity index is 1330. The number of hydrogen-bond donors (Lipinski definition) is 2. The van der Waals surface area contributed by atoms with Gasteiger partial charge >= 0.3 is 0 Å². The fourth-order valence-corrected chi connectivity index (χ4v) is 4.58. The van der Waals surface area contributed by atoms with Gasteiger partial charge in [-0.25, -0.2) is 0 Å². The van der Waals surface area contributed by atoms with Gasteiger partial charge in [0.05, 0.1) is 19.5 Å². The standard InChI is InChI=1S/C28H26N2O4S/c1-18(27(31)30-23-11-6-9-19-8-4-5-10-22(19)23)35-21-16-14-20(15-17-21)29-28(32)26-24(33-2)12-7-13-25(26)34-3/h4-18H,1-3H3,(H,29,32)(H,30,31). The molecule has 0 aromatic heterocycles. The fourth-order valence-electron chi connectivity index (χ4n) is 3.71. The van der Waals surface area contributed by atoms with Gasteiger partial charge in [-0.3, -0.25) is 9.59 Å². The minimum absolute atomic E-state index is 0.0769. The molecule has 0 aliphatic heterocycles. The normalized spacial score (nSPS) is 11.5. The highest BCUT2D eigenvalue weighted by Crippen LogP contribution is 2.30. The molecule has 4 rings (SSSR count). The second-order valence-corrected chi connectivity index (χ2v) is 9.21. The van der Waals surface area contributed by atoms with Crippen molar-refractivity contribution in [2.75, 3.05) is 24.9 Å². The lowest BCUT2D eigenvalue weighted by atomic mass is 10.1. The maximum absolute atomic E-state index is 12.9. The molecule has 0 saturated heterocycles. The highest BCUT2D eigenvalue weighted by molar-refractivity contribution is 8.00. The molecule has 0 aliphatic rings. The van der Waals surface area contributed by atoms with Crippen molar-refractivity contribution in [3.05, 3.63) is 90.5 Å². The van der Waals surface area contributed by atoms with Crippen LogP contribution < -0.4 is 20.1 Å². The van der Waals surface area contributed by atoms with Gasteiger partial charge in [0.1, 0.15) is 17.1 Å². The average Bonchev–Trinajstić information content (AvgIpc) is 2.89. The number of thioether (sulfide) groups is 1. The van der Waals surface area contributed by atoms with Crippen LogP contribution in [-0.2, 0) is 4.79 Å². The largest absolute Gasteiger partial charge is 0.496 e. The minimum atomic E-state index is -0.331. The van der Waals surface area contributed by atoms with Crippen molar-refractivity contribution >= 4 is 45.7 Å². The third kappa shape index (κ3) is 5.58. The van der Waals surface area contributed by atoms with Crippen molar-refractivity contribution in [1.29, 1.82) is 0 Å². The predicted molar refractivity (Wildman–Crippen MR) is 142 cm³/mol. The third-order valence-electron chi connectivity index (χ3n) is 5.50. The number of amides is 2. The summed E-state index contributed by atoms with van der Waals surface area (Å²) in [5.41, 5.74) is 1.75. The molecule has 2 amide bonds. The third-order valence-corrected chi connectivity index (χ3v) is 6.61. The van der Waals surface area contributed by atoms with E-state index < -0.39 is 0 Å². The van der Waals surface area contributed by atoms with Gasteiger partial charge in [-0.1, -0.05) is 42.5 Å². The highest BCUT2D eigenvalue weighted by Gasteiger charge is 2.19. The van der Waals surface area contributed by atoms with Crippen molar-refractivity contribution < 1.29 is 19.1 Å². The molecule has 7 heteroatoms. The van der Waals surface area contributed by atoms with E-state index in [4.69, 9.17) is 9.47 Å². The van der Waals surface area contributed by atoms with Crippen molar-refractivity contribution in [3.8, 4) is 11.5 Å². The predicted octanol–water partition coefficient (Wildman–Crippen LogP) is 6.23. The summed E-state index contributed by atoms with van der Waals surface area (Å²) in [6.45, 7) is 1.87. The Labute approximate surface area is 208 Å². The van der Waals surface area contributed by atoms with Gasteiger partial charge in [0.15, 0.2) is 0 Å². The molecular formula is C28H26N2O4S. The number of hydrogen-bond acceptors (Lipinski definition) is 5. The van der Waals surface area contributed by atoms with E-state index >= 15 is 0 Å². The number of fused-ring (bicyclic) bond motifs is 1. The summed E-state index contributed by atoms with van der Waals surface area (Å²) in [6, 6.07) is 26.4. The lowest BCUT2D eigenvalue weighted by molar-refractivity contribution is -0.115. The fraction of sp³-hybridized carbons (Fsp3) is 0.143. The SMILES string of the molecule is COc1cccc(OC)c1C(=O)Nc1ccc(SC(C)C(=O)Nc2cccc3ccccc23)cc1. The Balaban J connectivity index is 1.40. The molecule has 6 nitrogen and oxygen atoms in total. The van der Waals surface area contributed by atoms with Crippen LogP contribution in [0, 0.1) is 0 Å². The first-order chi connectivity index (χ1) is 17.0. The Kier molecular flexibility index (Phi) is 7.57. The van der Waals surface area contributed by atoms with Crippen LogP contribution in [0.15, 0.2) is 89.8 Å². The molecule has 0 saturated carbocycles. The quantitative estimate of drug-likeness (QED) is 0.289. The van der Waals surface area contributed by atoms with Crippen LogP contribution in [0.3, 0.4) is 0 Å². The second-order valence-electron chi connectivity index (χ2n) is 7.79. The van der Waals surface area contributed by atoms with Gasteiger partial charge in [-0.05, 0) is 54.8 Å². The number of anilines is 2. The van der Waals surface area contributed by atoms with Crippen LogP contribution in [0.4, 0.5) is 11.4 Å². The topological polar surface area (TPSA) is 76.7 Å². The Morgan fingerprint density at radius 3 is 2.09 bits per heavy atom. The summed E-state index contributed by atoms with van der Waals surface area (Å²) in [4.78, 5) is 26.6. The molecule has 0 radical (unpaired) electrons. The molecule has 0 fully saturated rings. The molecule has 0 bridgehead atoms. The smallest absolute Gasteiger partial charge is 0.263 e. The average molecular weight is 487 g/mol. The number of benzene rings is 4. The van der Waals surface area contributed by atoms with Gasteiger partial charge < -0.3 is 20.1 Å². The highest BCUT2D eigenvalue weighted by atomic mass is 32.2. The Morgan fingerprint density at radius 1 is 0.771 bits per heavy atom. The van der Waals surface area contributed by atoms with E-state index in [1.807, 2.05) is 61.5 Å². The van der Waals surface area contributed by atoms with Crippen molar-refractivity contribution in [2.24, 2.45) is 0 Å². The van der Waals surface area contributed by atoms with E-state index in [0.717, 1.165) is 21.4 Å². The maximum Gasteiger partial charge on any atom is 0.263 e. The number of methoxy groups -OCH3 is 2. The van der Waals surface area contributed by atoms with Gasteiger partial charge in [0, 0.05) is 21.7 Å². The first-order valence-corrected chi connectivity index (χ1v) is 12.0. The Hall–Kier alpha value is -3.97. The first kappa shape index (κ1) is 24.2. The summed E-state index contributed by atoms with van der Waals surface area (Å²) < 4.78 is 10.6. The van der Waals surface area contributed by atoms with Crippen molar-refractivity contribution in [1.82, 2.24) is 0 Å². The molecule has 1 atom stereocenters. The monoisotopic (exact) mass is 486 g/mol. The second kappa shape index (κ2) is 11.0. The first-order valence-electron chi connectivity index (χ1n) is 11.1. The van der Waals surface area contributed by atoms with Crippen LogP contribution in [0.25, 0.3) is 10.8 Å². The van der Waals surface area contributed by atoms with Crippen LogP contribution in [0.1, 0.15) is 17.3 Å². The molecule has 2 N–H and O–H groups in total. The number of rotatable bonds is 8. The molecular weight excluding hydrogens is 460 g/mol. The van der Waals surface area contributed by atoms with Gasteiger partial charge in [0.25, 0.3) is 5.91 Å². The number of carbonyl (C=O) groups is 2. The van der Waals surface area contributed by atoms with E-state index in [-0.39, 0.29) is 17.1 Å². The molecule has 35 heavy (non-hydrogen) atoms. The zero-order chi connectivity index (χ0) is 24.8. The summed E-state index contributed by atoms with van der Waals surface area (Å²) in [6.07, 6.45) is 0. The van der Waals surface area contributed by atoms with Crippen LogP contribution >= 0.6 is 11.8 Å². The molecule has 0 spiro atoms. The van der Waals surface area contributed by atoms with Gasteiger partial charge in [-0.15, -0.1) is 11.8 Å². The van der Waals surface area contributed by atoms with E-state index in [1.165, 1.54) is 26.0 Å². The summed E-state index contributed by atoms with van der Waals surface area (Å²) in [5.74, 6) is 0.453. The van der Waals surface area contributed by atoms with E-state index in [2.05, 4.69) is 10.6 Å². The van der Waals surface area contributed by atoms with E-state index in [1.54, 1.807) is 30.3 Å².